The van der Waals surface area contributed by atoms with Gasteiger partial charge in [0.1, 0.15) is 17.4 Å². The first-order chi connectivity index (χ1) is 14.3. The number of benzene rings is 2. The van der Waals surface area contributed by atoms with Crippen LogP contribution in [-0.2, 0) is 16.3 Å². The van der Waals surface area contributed by atoms with Crippen molar-refractivity contribution in [1.29, 1.82) is 0 Å². The van der Waals surface area contributed by atoms with E-state index >= 15 is 0 Å². The summed E-state index contributed by atoms with van der Waals surface area (Å²) in [6.45, 7) is 1.82. The monoisotopic (exact) mass is 450 g/mol. The smallest absolute Gasteiger partial charge is 0.203 e. The Labute approximate surface area is 179 Å². The van der Waals surface area contributed by atoms with Crippen LogP contribution < -0.4 is 15.8 Å². The summed E-state index contributed by atoms with van der Waals surface area (Å²) in [4.78, 5) is 4.52. The molecular formula is C20H23FN4O3S2. The molecule has 7 nitrogen and oxygen atoms in total. The van der Waals surface area contributed by atoms with E-state index < -0.39 is 21.3 Å². The van der Waals surface area contributed by atoms with Gasteiger partial charge in [0.25, 0.3) is 0 Å². The molecule has 0 spiro atoms. The van der Waals surface area contributed by atoms with Crippen molar-refractivity contribution in [1.82, 2.24) is 9.36 Å². The van der Waals surface area contributed by atoms with Crippen molar-refractivity contribution in [2.45, 2.75) is 36.1 Å². The minimum Gasteiger partial charge on any atom is -0.497 e. The van der Waals surface area contributed by atoms with Crippen LogP contribution in [0.2, 0.25) is 0 Å². The summed E-state index contributed by atoms with van der Waals surface area (Å²) in [6, 6.07) is 11.6. The third-order valence-electron chi connectivity index (χ3n) is 4.59. The number of ether oxygens (including phenoxy) is 1. The van der Waals surface area contributed by atoms with E-state index in [-0.39, 0.29) is 10.7 Å². The van der Waals surface area contributed by atoms with Crippen molar-refractivity contribution >= 4 is 26.5 Å². The quantitative estimate of drug-likeness (QED) is 0.515. The SMILES string of the molecule is CCC(N)C(Nc1nc(Cc2ccc(F)cc2)ns1)S(=O)(=O)c1ccc(OC)cc1. The Kier molecular flexibility index (Phi) is 7.01. The molecule has 0 fully saturated rings. The largest absolute Gasteiger partial charge is 0.497 e. The molecule has 0 bridgehead atoms. The molecule has 3 aromatic rings. The fraction of sp³-hybridized carbons (Fsp3) is 0.300. The Morgan fingerprint density at radius 1 is 1.17 bits per heavy atom. The second-order valence-corrected chi connectivity index (χ2v) is 9.50. The third-order valence-corrected chi connectivity index (χ3v) is 7.34. The number of halogens is 1. The predicted octanol–water partition coefficient (Wildman–Crippen LogP) is 3.23. The highest BCUT2D eigenvalue weighted by molar-refractivity contribution is 7.92. The second-order valence-electron chi connectivity index (χ2n) is 6.68. The lowest BCUT2D eigenvalue weighted by Crippen LogP contribution is -2.45. The summed E-state index contributed by atoms with van der Waals surface area (Å²) in [7, 11) is -2.27. The number of nitrogens with one attached hydrogen (secondary N) is 1. The van der Waals surface area contributed by atoms with Crippen molar-refractivity contribution < 1.29 is 17.5 Å². The Hall–Kier alpha value is -2.56. The molecule has 0 amide bonds. The molecule has 1 heterocycles. The molecule has 0 saturated carbocycles. The van der Waals surface area contributed by atoms with E-state index in [1.807, 2.05) is 6.92 Å². The molecule has 160 valence electrons. The number of nitrogens with two attached hydrogens (primary N) is 1. The lowest BCUT2D eigenvalue weighted by Gasteiger charge is -2.24. The predicted molar refractivity (Wildman–Crippen MR) is 115 cm³/mol. The molecule has 0 radical (unpaired) electrons. The van der Waals surface area contributed by atoms with Gasteiger partial charge in [-0.1, -0.05) is 19.1 Å². The van der Waals surface area contributed by atoms with E-state index in [4.69, 9.17) is 10.5 Å². The summed E-state index contributed by atoms with van der Waals surface area (Å²) >= 11 is 1.06. The van der Waals surface area contributed by atoms with Gasteiger partial charge in [-0.3, -0.25) is 0 Å². The van der Waals surface area contributed by atoms with Crippen LogP contribution in [-0.4, -0.2) is 36.3 Å². The fourth-order valence-electron chi connectivity index (χ4n) is 2.83. The molecule has 2 atom stereocenters. The standard InChI is InChI=1S/C20H23FN4O3S2/c1-3-17(22)19(30(26,27)16-10-8-15(28-2)9-11-16)24-20-23-18(25-29-20)12-13-4-6-14(21)7-5-13/h4-11,17,19H,3,12,22H2,1-2H3,(H,23,24,25). The first-order valence-electron chi connectivity index (χ1n) is 9.30. The minimum atomic E-state index is -3.78. The highest BCUT2D eigenvalue weighted by atomic mass is 32.2. The minimum absolute atomic E-state index is 0.140. The van der Waals surface area contributed by atoms with Gasteiger partial charge < -0.3 is 15.8 Å². The van der Waals surface area contributed by atoms with Crippen molar-refractivity contribution in [2.24, 2.45) is 5.73 Å². The molecule has 30 heavy (non-hydrogen) atoms. The number of sulfone groups is 1. The number of aromatic nitrogens is 2. The van der Waals surface area contributed by atoms with Gasteiger partial charge in [0.05, 0.1) is 12.0 Å². The van der Waals surface area contributed by atoms with Gasteiger partial charge in [0, 0.05) is 24.0 Å². The molecule has 0 aliphatic rings. The van der Waals surface area contributed by atoms with E-state index in [9.17, 15) is 12.8 Å². The zero-order chi connectivity index (χ0) is 21.7. The van der Waals surface area contributed by atoms with Gasteiger partial charge in [0.2, 0.25) is 15.0 Å². The van der Waals surface area contributed by atoms with Crippen LogP contribution in [0.25, 0.3) is 0 Å². The third kappa shape index (κ3) is 5.13. The summed E-state index contributed by atoms with van der Waals surface area (Å²) in [5.41, 5.74) is 7.00. The normalized spacial score (nSPS) is 13.6. The first kappa shape index (κ1) is 22.1. The number of methoxy groups -OCH3 is 1. The number of hydrogen-bond acceptors (Lipinski definition) is 8. The second kappa shape index (κ2) is 9.50. The lowest BCUT2D eigenvalue weighted by atomic mass is 10.1. The van der Waals surface area contributed by atoms with E-state index in [0.29, 0.717) is 29.5 Å². The maximum Gasteiger partial charge on any atom is 0.203 e. The summed E-state index contributed by atoms with van der Waals surface area (Å²) in [5, 5.41) is 2.25. The molecule has 0 aliphatic carbocycles. The summed E-state index contributed by atoms with van der Waals surface area (Å²) in [6.07, 6.45) is 0.864. The molecule has 0 aliphatic heterocycles. The number of nitrogens with zero attached hydrogens (tertiary/aromatic N) is 2. The maximum atomic E-state index is 13.2. The zero-order valence-electron chi connectivity index (χ0n) is 16.6. The zero-order valence-corrected chi connectivity index (χ0v) is 18.2. The molecule has 3 N–H and O–H groups in total. The van der Waals surface area contributed by atoms with Crippen LogP contribution in [0.15, 0.2) is 53.4 Å². The first-order valence-corrected chi connectivity index (χ1v) is 11.6. The van der Waals surface area contributed by atoms with Gasteiger partial charge in [-0.15, -0.1) is 0 Å². The van der Waals surface area contributed by atoms with Crippen molar-refractivity contribution in [3.63, 3.8) is 0 Å². The molecule has 0 saturated heterocycles. The van der Waals surface area contributed by atoms with Crippen LogP contribution in [0, 0.1) is 5.82 Å². The Morgan fingerprint density at radius 2 is 1.83 bits per heavy atom. The van der Waals surface area contributed by atoms with E-state index in [1.165, 1.54) is 31.4 Å². The van der Waals surface area contributed by atoms with Crippen molar-refractivity contribution in [3.8, 4) is 5.75 Å². The number of rotatable bonds is 9. The molecule has 10 heteroatoms. The van der Waals surface area contributed by atoms with Crippen molar-refractivity contribution in [3.05, 3.63) is 65.7 Å². The summed E-state index contributed by atoms with van der Waals surface area (Å²) in [5.74, 6) is 0.764. The van der Waals surface area contributed by atoms with Crippen LogP contribution in [0.5, 0.6) is 5.75 Å². The van der Waals surface area contributed by atoms with Crippen LogP contribution in [0.3, 0.4) is 0 Å². The highest BCUT2D eigenvalue weighted by Crippen LogP contribution is 2.24. The van der Waals surface area contributed by atoms with E-state index in [2.05, 4.69) is 14.7 Å². The highest BCUT2D eigenvalue weighted by Gasteiger charge is 2.33. The van der Waals surface area contributed by atoms with Gasteiger partial charge in [-0.05, 0) is 48.4 Å². The van der Waals surface area contributed by atoms with E-state index in [1.54, 1.807) is 24.3 Å². The van der Waals surface area contributed by atoms with Crippen LogP contribution >= 0.6 is 11.5 Å². The Bertz CT molecular complexity index is 1070. The summed E-state index contributed by atoms with van der Waals surface area (Å²) < 4.78 is 48.8. The molecule has 1 aromatic heterocycles. The number of hydrogen-bond donors (Lipinski definition) is 2. The van der Waals surface area contributed by atoms with Crippen LogP contribution in [0.4, 0.5) is 9.52 Å². The van der Waals surface area contributed by atoms with Crippen LogP contribution in [0.1, 0.15) is 24.7 Å². The molecule has 2 aromatic carbocycles. The Balaban J connectivity index is 1.81. The average molecular weight is 451 g/mol. The van der Waals surface area contributed by atoms with Crippen molar-refractivity contribution in [2.75, 3.05) is 12.4 Å². The van der Waals surface area contributed by atoms with Gasteiger partial charge in [0.15, 0.2) is 5.37 Å². The Morgan fingerprint density at radius 3 is 2.43 bits per heavy atom. The van der Waals surface area contributed by atoms with Gasteiger partial charge in [-0.2, -0.15) is 4.37 Å². The maximum absolute atomic E-state index is 13.2. The van der Waals surface area contributed by atoms with Gasteiger partial charge >= 0.3 is 0 Å². The van der Waals surface area contributed by atoms with E-state index in [0.717, 1.165) is 17.1 Å². The molecule has 3 rings (SSSR count). The molecule has 2 unspecified atom stereocenters. The molecular weight excluding hydrogens is 427 g/mol. The number of anilines is 1. The lowest BCUT2D eigenvalue weighted by molar-refractivity contribution is 0.414. The van der Waals surface area contributed by atoms with Gasteiger partial charge in [-0.25, -0.2) is 17.8 Å². The fourth-order valence-corrected chi connectivity index (χ4v) is 5.26. The average Bonchev–Trinajstić information content (AvgIpc) is 3.20. The topological polar surface area (TPSA) is 107 Å².